The average molecular weight is 432 g/mol. The van der Waals surface area contributed by atoms with Crippen molar-refractivity contribution in [2.75, 3.05) is 7.11 Å². The Hall–Kier alpha value is -0.810. The van der Waals surface area contributed by atoms with E-state index < -0.39 is 5.41 Å². The van der Waals surface area contributed by atoms with Crippen molar-refractivity contribution < 1.29 is 14.3 Å². The molecule has 2 amide bonds. The van der Waals surface area contributed by atoms with Crippen molar-refractivity contribution in [1.82, 2.24) is 4.90 Å². The molecule has 0 radical (unpaired) electrons. The Morgan fingerprint density at radius 1 is 1.07 bits per heavy atom. The van der Waals surface area contributed by atoms with Crippen molar-refractivity contribution in [2.45, 2.75) is 92.0 Å². The van der Waals surface area contributed by atoms with Crippen LogP contribution in [0.4, 0.5) is 4.79 Å². The quantitative estimate of drug-likeness (QED) is 0.529. The normalized spacial score (nSPS) is 50.0. The molecule has 1 saturated heterocycles. The lowest BCUT2D eigenvalue weighted by Gasteiger charge is -2.47. The van der Waals surface area contributed by atoms with Crippen molar-refractivity contribution in [2.24, 2.45) is 33.0 Å². The lowest BCUT2D eigenvalue weighted by molar-refractivity contribution is -0.156. The van der Waals surface area contributed by atoms with Crippen LogP contribution in [-0.2, 0) is 9.53 Å². The molecule has 0 spiro atoms. The molecule has 4 bridgehead atoms. The Kier molecular flexibility index (Phi) is 3.91. The number of thioether (sulfide) groups is 1. The summed E-state index contributed by atoms with van der Waals surface area (Å²) >= 11 is 1.42. The fourth-order valence-corrected chi connectivity index (χ4v) is 10.8. The van der Waals surface area contributed by atoms with Gasteiger partial charge in [0.25, 0.3) is 5.24 Å². The fraction of sp³-hybridized carbons (Fsp3) is 0.840. The van der Waals surface area contributed by atoms with Crippen LogP contribution < -0.4 is 0 Å². The Morgan fingerprint density at radius 2 is 1.67 bits per heavy atom. The highest BCUT2D eigenvalue weighted by Crippen LogP contribution is 2.79. The van der Waals surface area contributed by atoms with Crippen LogP contribution >= 0.6 is 11.8 Å². The molecule has 5 aliphatic rings. The van der Waals surface area contributed by atoms with Crippen LogP contribution in [0.3, 0.4) is 0 Å². The molecule has 0 N–H and O–H groups in total. The summed E-state index contributed by atoms with van der Waals surface area (Å²) in [4.78, 5) is 29.7. The summed E-state index contributed by atoms with van der Waals surface area (Å²) < 4.78 is 5.92. The number of imide groups is 1. The van der Waals surface area contributed by atoms with E-state index in [1.807, 2.05) is 0 Å². The van der Waals surface area contributed by atoms with Gasteiger partial charge in [0.15, 0.2) is 0 Å². The van der Waals surface area contributed by atoms with Crippen molar-refractivity contribution in [3.63, 3.8) is 0 Å². The SMILES string of the molecule is CO[C@@H]1C[C@H]2CC[C@]1(C(=O)N1C(=O)S[C@H]3[C@@H]1[C@@]1(C)C(C)=C(C)[C@]3(C)C1(C)C)C2(C)C. The topological polar surface area (TPSA) is 46.6 Å². The summed E-state index contributed by atoms with van der Waals surface area (Å²) in [5, 5.41) is 0.0811. The third-order valence-corrected chi connectivity index (χ3v) is 13.2. The van der Waals surface area contributed by atoms with Crippen LogP contribution in [0.2, 0.25) is 0 Å². The Bertz CT molecular complexity index is 906. The van der Waals surface area contributed by atoms with E-state index in [0.29, 0.717) is 5.92 Å². The summed E-state index contributed by atoms with van der Waals surface area (Å²) in [5.74, 6) is 0.531. The van der Waals surface area contributed by atoms with E-state index in [4.69, 9.17) is 4.74 Å². The number of hydrogen-bond donors (Lipinski definition) is 0. The highest BCUT2D eigenvalue weighted by atomic mass is 32.2. The van der Waals surface area contributed by atoms with Gasteiger partial charge in [-0.05, 0) is 49.9 Å². The number of allylic oxidation sites excluding steroid dienone is 1. The number of methoxy groups -OCH3 is 1. The van der Waals surface area contributed by atoms with Crippen molar-refractivity contribution >= 4 is 22.9 Å². The number of ether oxygens (including phenoxy) is 1. The Balaban J connectivity index is 1.66. The molecule has 1 aliphatic heterocycles. The fourth-order valence-electron chi connectivity index (χ4n) is 9.03. The molecule has 0 aromatic rings. The minimum absolute atomic E-state index is 0.0164. The van der Waals surface area contributed by atoms with Crippen LogP contribution in [0.15, 0.2) is 11.1 Å². The van der Waals surface area contributed by atoms with Crippen LogP contribution in [-0.4, -0.2) is 40.6 Å². The molecule has 166 valence electrons. The molecule has 0 aromatic carbocycles. The highest BCUT2D eigenvalue weighted by molar-refractivity contribution is 8.14. The van der Waals surface area contributed by atoms with E-state index in [2.05, 4.69) is 55.4 Å². The van der Waals surface area contributed by atoms with E-state index in [1.54, 1.807) is 12.0 Å². The summed E-state index contributed by atoms with van der Waals surface area (Å²) in [6.45, 7) is 18.3. The zero-order valence-corrected chi connectivity index (χ0v) is 20.8. The molecule has 5 heteroatoms. The summed E-state index contributed by atoms with van der Waals surface area (Å²) in [6.07, 6.45) is 2.72. The van der Waals surface area contributed by atoms with E-state index in [9.17, 15) is 9.59 Å². The minimum Gasteiger partial charge on any atom is -0.380 e. The maximum absolute atomic E-state index is 14.5. The second-order valence-corrected chi connectivity index (χ2v) is 13.2. The first kappa shape index (κ1) is 21.1. The number of nitrogens with zero attached hydrogens (tertiary/aromatic N) is 1. The van der Waals surface area contributed by atoms with Gasteiger partial charge in [-0.25, -0.2) is 0 Å². The van der Waals surface area contributed by atoms with Gasteiger partial charge in [-0.15, -0.1) is 0 Å². The standard InChI is InChI=1S/C25H37NO3S/c1-13-14(2)24(8)18-17(23(13,7)22(24,5)6)26(20(28)30-18)19(27)25-11-10-15(21(25,3)4)12-16(25)29-9/h15-18H,10-12H2,1-9H3/t15-,16-,17-,18+,23-,24+,25+/m1/s1. The second-order valence-electron chi connectivity index (χ2n) is 12.1. The van der Waals surface area contributed by atoms with E-state index >= 15 is 0 Å². The molecule has 4 nitrogen and oxygen atoms in total. The molecular formula is C25H37NO3S. The molecule has 4 aliphatic carbocycles. The smallest absolute Gasteiger partial charge is 0.288 e. The van der Waals surface area contributed by atoms with Gasteiger partial charge < -0.3 is 4.74 Å². The zero-order valence-electron chi connectivity index (χ0n) is 20.0. The largest absolute Gasteiger partial charge is 0.380 e. The van der Waals surface area contributed by atoms with Gasteiger partial charge in [0, 0.05) is 23.2 Å². The van der Waals surface area contributed by atoms with E-state index in [1.165, 1.54) is 22.9 Å². The van der Waals surface area contributed by atoms with Gasteiger partial charge in [0.1, 0.15) is 0 Å². The Labute approximate surface area is 185 Å². The van der Waals surface area contributed by atoms with Gasteiger partial charge in [-0.3, -0.25) is 14.5 Å². The van der Waals surface area contributed by atoms with Crippen molar-refractivity contribution in [3.05, 3.63) is 11.1 Å². The zero-order chi connectivity index (χ0) is 22.2. The summed E-state index contributed by atoms with van der Waals surface area (Å²) in [5.41, 5.74) is 1.75. The second kappa shape index (κ2) is 5.57. The first-order valence-corrected chi connectivity index (χ1v) is 12.4. The molecule has 0 aromatic heterocycles. The maximum atomic E-state index is 14.5. The van der Waals surface area contributed by atoms with E-state index in [-0.39, 0.29) is 50.2 Å². The first-order valence-electron chi connectivity index (χ1n) is 11.5. The van der Waals surface area contributed by atoms with Gasteiger partial charge in [-0.1, -0.05) is 64.5 Å². The average Bonchev–Trinajstić information content (AvgIpc) is 3.31. The number of carbonyl (C=O) groups is 2. The number of carbonyl (C=O) groups excluding carboxylic acids is 2. The van der Waals surface area contributed by atoms with Gasteiger partial charge >= 0.3 is 0 Å². The molecule has 1 heterocycles. The van der Waals surface area contributed by atoms with Crippen molar-refractivity contribution in [3.8, 4) is 0 Å². The molecule has 30 heavy (non-hydrogen) atoms. The number of amides is 2. The van der Waals surface area contributed by atoms with E-state index in [0.717, 1.165) is 19.3 Å². The molecule has 3 saturated carbocycles. The lowest BCUT2D eigenvalue weighted by atomic mass is 9.62. The monoisotopic (exact) mass is 431 g/mol. The first-order chi connectivity index (χ1) is 13.8. The number of rotatable bonds is 2. The number of hydrogen-bond acceptors (Lipinski definition) is 4. The molecule has 4 fully saturated rings. The molecule has 7 atom stereocenters. The highest BCUT2D eigenvalue weighted by Gasteiger charge is 2.80. The van der Waals surface area contributed by atoms with Crippen LogP contribution in [0.5, 0.6) is 0 Å². The Morgan fingerprint density at radius 3 is 2.23 bits per heavy atom. The van der Waals surface area contributed by atoms with Gasteiger partial charge in [0.05, 0.1) is 17.6 Å². The minimum atomic E-state index is -0.590. The van der Waals surface area contributed by atoms with Crippen LogP contribution in [0, 0.1) is 33.0 Å². The van der Waals surface area contributed by atoms with Gasteiger partial charge in [0.2, 0.25) is 5.91 Å². The number of fused-ring (bicyclic) bond motifs is 7. The molecular weight excluding hydrogens is 394 g/mol. The van der Waals surface area contributed by atoms with Crippen LogP contribution in [0.1, 0.15) is 74.7 Å². The van der Waals surface area contributed by atoms with Crippen molar-refractivity contribution in [1.29, 1.82) is 0 Å². The predicted octanol–water partition coefficient (Wildman–Crippen LogP) is 5.66. The third kappa shape index (κ3) is 1.72. The predicted molar refractivity (Wildman–Crippen MR) is 120 cm³/mol. The summed E-state index contributed by atoms with van der Waals surface area (Å²) in [7, 11) is 1.74. The third-order valence-electron chi connectivity index (χ3n) is 11.9. The van der Waals surface area contributed by atoms with Gasteiger partial charge in [-0.2, -0.15) is 0 Å². The maximum Gasteiger partial charge on any atom is 0.288 e. The van der Waals surface area contributed by atoms with Crippen LogP contribution in [0.25, 0.3) is 0 Å². The lowest BCUT2D eigenvalue weighted by Crippen LogP contribution is -2.59. The summed E-state index contributed by atoms with van der Waals surface area (Å²) in [6, 6.07) is -0.0754. The molecule has 5 rings (SSSR count). The molecule has 0 unspecified atom stereocenters.